The number of nitrogens with two attached hydrogens (primary N) is 1. The van der Waals surface area contributed by atoms with Gasteiger partial charge in [-0.15, -0.1) is 5.06 Å². The van der Waals surface area contributed by atoms with Crippen LogP contribution >= 0.6 is 0 Å². The molecule has 7 nitrogen and oxygen atoms in total. The van der Waals surface area contributed by atoms with Gasteiger partial charge in [0.15, 0.2) is 0 Å². The van der Waals surface area contributed by atoms with Crippen molar-refractivity contribution in [2.45, 2.75) is 47.0 Å². The quantitative estimate of drug-likeness (QED) is 0.581. The minimum atomic E-state index is -0.793. The van der Waals surface area contributed by atoms with E-state index in [4.69, 9.17) is 15.3 Å². The van der Waals surface area contributed by atoms with Gasteiger partial charge in [-0.2, -0.15) is 0 Å². The van der Waals surface area contributed by atoms with Gasteiger partial charge in [0, 0.05) is 26.1 Å². The molecule has 0 aromatic rings. The smallest absolute Gasteiger partial charge is 0.338 e. The molecular weight excluding hydrogens is 276 g/mol. The van der Waals surface area contributed by atoms with Crippen LogP contribution in [0.25, 0.3) is 0 Å². The van der Waals surface area contributed by atoms with E-state index < -0.39 is 23.2 Å². The van der Waals surface area contributed by atoms with Crippen LogP contribution in [0, 0.1) is 5.41 Å². The van der Waals surface area contributed by atoms with E-state index in [0.29, 0.717) is 24.7 Å². The van der Waals surface area contributed by atoms with E-state index in [-0.39, 0.29) is 12.8 Å². The summed E-state index contributed by atoms with van der Waals surface area (Å²) in [6.07, 6.45) is 0.673. The Bertz CT molecular complexity index is 352. The van der Waals surface area contributed by atoms with Crippen LogP contribution in [0.1, 0.15) is 47.0 Å². The predicted octanol–water partition coefficient (Wildman–Crippen LogP) is 1.01. The molecule has 1 aliphatic rings. The predicted molar refractivity (Wildman–Crippen MR) is 76.8 cm³/mol. The maximum absolute atomic E-state index is 11.9. The van der Waals surface area contributed by atoms with Crippen LogP contribution in [0.15, 0.2) is 0 Å². The number of hydrogen-bond donors (Lipinski definition) is 1. The molecule has 0 bridgehead atoms. The fourth-order valence-electron chi connectivity index (χ4n) is 1.44. The maximum atomic E-state index is 11.9. The molecule has 1 rings (SSSR count). The van der Waals surface area contributed by atoms with Gasteiger partial charge in [0.25, 0.3) is 11.8 Å². The third kappa shape index (κ3) is 6.68. The van der Waals surface area contributed by atoms with Crippen LogP contribution < -0.4 is 5.73 Å². The molecule has 21 heavy (non-hydrogen) atoms. The number of imide groups is 1. The first-order valence-electron chi connectivity index (χ1n) is 7.16. The summed E-state index contributed by atoms with van der Waals surface area (Å²) < 4.78 is 5.18. The number of hydroxylamine groups is 2. The molecule has 0 atom stereocenters. The van der Waals surface area contributed by atoms with Gasteiger partial charge < -0.3 is 15.3 Å². The topological polar surface area (TPSA) is 98.9 Å². The Morgan fingerprint density at radius 1 is 1.24 bits per heavy atom. The standard InChI is InChI=1S/C12H19NO5.C2H7N/c1-4-17-8-7-12(2,3)11(16)18-13-9(14)5-6-10(13)15;1-2-3/h4-8H2,1-3H3;2-3H2,1H3. The van der Waals surface area contributed by atoms with Crippen molar-refractivity contribution in [2.75, 3.05) is 19.8 Å². The lowest BCUT2D eigenvalue weighted by Gasteiger charge is -2.24. The van der Waals surface area contributed by atoms with Crippen molar-refractivity contribution in [1.29, 1.82) is 0 Å². The second-order valence-corrected chi connectivity index (χ2v) is 5.20. The number of nitrogens with zero attached hydrogens (tertiary/aromatic N) is 1. The van der Waals surface area contributed by atoms with E-state index in [2.05, 4.69) is 0 Å². The number of hydrogen-bond acceptors (Lipinski definition) is 6. The van der Waals surface area contributed by atoms with Crippen molar-refractivity contribution in [1.82, 2.24) is 5.06 Å². The van der Waals surface area contributed by atoms with E-state index >= 15 is 0 Å². The minimum absolute atomic E-state index is 0.103. The molecule has 1 aliphatic heterocycles. The Labute approximate surface area is 125 Å². The summed E-state index contributed by atoms with van der Waals surface area (Å²) in [7, 11) is 0. The van der Waals surface area contributed by atoms with Crippen molar-refractivity contribution in [3.05, 3.63) is 0 Å². The van der Waals surface area contributed by atoms with Gasteiger partial charge in [-0.05, 0) is 33.7 Å². The first-order valence-corrected chi connectivity index (χ1v) is 7.16. The molecule has 2 N–H and O–H groups in total. The molecule has 7 heteroatoms. The van der Waals surface area contributed by atoms with Crippen molar-refractivity contribution < 1.29 is 24.0 Å². The Kier molecular flexibility index (Phi) is 8.80. The van der Waals surface area contributed by atoms with Crippen molar-refractivity contribution in [3.8, 4) is 0 Å². The highest BCUT2D eigenvalue weighted by molar-refractivity contribution is 6.01. The van der Waals surface area contributed by atoms with Gasteiger partial charge >= 0.3 is 5.97 Å². The highest BCUT2D eigenvalue weighted by atomic mass is 16.7. The van der Waals surface area contributed by atoms with Gasteiger partial charge in [0.1, 0.15) is 0 Å². The van der Waals surface area contributed by atoms with Gasteiger partial charge in [-0.3, -0.25) is 9.59 Å². The molecule has 0 unspecified atom stereocenters. The van der Waals surface area contributed by atoms with Crippen LogP contribution in [-0.2, 0) is 24.0 Å². The molecule has 1 saturated heterocycles. The fraction of sp³-hybridized carbons (Fsp3) is 0.786. The van der Waals surface area contributed by atoms with Gasteiger partial charge in [0.05, 0.1) is 5.41 Å². The summed E-state index contributed by atoms with van der Waals surface area (Å²) in [4.78, 5) is 39.4. The largest absolute Gasteiger partial charge is 0.382 e. The third-order valence-electron chi connectivity index (χ3n) is 2.81. The number of carbonyl (C=O) groups excluding carboxylic acids is 3. The average molecular weight is 302 g/mol. The molecule has 1 heterocycles. The Hall–Kier alpha value is -1.47. The zero-order valence-corrected chi connectivity index (χ0v) is 13.3. The average Bonchev–Trinajstić information content (AvgIpc) is 2.71. The number of carbonyl (C=O) groups is 3. The number of amides is 2. The SMILES string of the molecule is CCN.CCOCCC(C)(C)C(=O)ON1C(=O)CCC1=O. The van der Waals surface area contributed by atoms with Crippen LogP contribution in [0.4, 0.5) is 0 Å². The third-order valence-corrected chi connectivity index (χ3v) is 2.81. The lowest BCUT2D eigenvalue weighted by Crippen LogP contribution is -2.38. The summed E-state index contributed by atoms with van der Waals surface area (Å²) >= 11 is 0. The highest BCUT2D eigenvalue weighted by Crippen LogP contribution is 2.24. The normalized spacial score (nSPS) is 14.8. The number of ether oxygens (including phenoxy) is 1. The van der Waals surface area contributed by atoms with E-state index in [1.165, 1.54) is 0 Å². The Morgan fingerprint density at radius 3 is 2.14 bits per heavy atom. The zero-order chi connectivity index (χ0) is 16.5. The van der Waals surface area contributed by atoms with Crippen LogP contribution in [-0.4, -0.2) is 42.6 Å². The molecular formula is C14H26N2O5. The first-order chi connectivity index (χ1) is 9.80. The molecule has 0 aromatic carbocycles. The lowest BCUT2D eigenvalue weighted by molar-refractivity contribution is -0.204. The maximum Gasteiger partial charge on any atom is 0.338 e. The minimum Gasteiger partial charge on any atom is -0.382 e. The summed E-state index contributed by atoms with van der Waals surface area (Å²) in [5.41, 5.74) is 4.05. The van der Waals surface area contributed by atoms with Crippen molar-refractivity contribution >= 4 is 17.8 Å². The summed E-state index contributed by atoms with van der Waals surface area (Å²) in [5, 5.41) is 0.574. The lowest BCUT2D eigenvalue weighted by atomic mass is 9.90. The van der Waals surface area contributed by atoms with Gasteiger partial charge in [-0.1, -0.05) is 6.92 Å². The van der Waals surface area contributed by atoms with Crippen LogP contribution in [0.2, 0.25) is 0 Å². The monoisotopic (exact) mass is 302 g/mol. The summed E-state index contributed by atoms with van der Waals surface area (Å²) in [5.74, 6) is -1.52. The zero-order valence-electron chi connectivity index (χ0n) is 13.3. The fourth-order valence-corrected chi connectivity index (χ4v) is 1.44. The van der Waals surface area contributed by atoms with E-state index in [0.717, 1.165) is 6.54 Å². The molecule has 0 aliphatic carbocycles. The molecule has 122 valence electrons. The van der Waals surface area contributed by atoms with Gasteiger partial charge in [-0.25, -0.2) is 4.79 Å². The highest BCUT2D eigenvalue weighted by Gasteiger charge is 2.37. The van der Waals surface area contributed by atoms with Crippen molar-refractivity contribution in [2.24, 2.45) is 11.1 Å². The number of rotatable bonds is 6. The molecule has 2 amide bonds. The van der Waals surface area contributed by atoms with Crippen LogP contribution in [0.3, 0.4) is 0 Å². The van der Waals surface area contributed by atoms with Crippen LogP contribution in [0.5, 0.6) is 0 Å². The molecule has 0 radical (unpaired) electrons. The summed E-state index contributed by atoms with van der Waals surface area (Å²) in [6.45, 7) is 8.92. The molecule has 0 saturated carbocycles. The second kappa shape index (κ2) is 9.46. The van der Waals surface area contributed by atoms with Crippen molar-refractivity contribution in [3.63, 3.8) is 0 Å². The molecule has 0 spiro atoms. The molecule has 0 aromatic heterocycles. The molecule has 1 fully saturated rings. The Balaban J connectivity index is 0.00000122. The first kappa shape index (κ1) is 19.5. The second-order valence-electron chi connectivity index (χ2n) is 5.20. The summed E-state index contributed by atoms with van der Waals surface area (Å²) in [6, 6.07) is 0. The Morgan fingerprint density at radius 2 is 1.71 bits per heavy atom. The van der Waals surface area contributed by atoms with E-state index in [9.17, 15) is 14.4 Å². The van der Waals surface area contributed by atoms with E-state index in [1.807, 2.05) is 13.8 Å². The van der Waals surface area contributed by atoms with Gasteiger partial charge in [0.2, 0.25) is 0 Å². The van der Waals surface area contributed by atoms with E-state index in [1.54, 1.807) is 13.8 Å².